The lowest BCUT2D eigenvalue weighted by molar-refractivity contribution is -0.124. The fourth-order valence-corrected chi connectivity index (χ4v) is 0.907. The van der Waals surface area contributed by atoms with Gasteiger partial charge in [0.2, 0.25) is 0 Å². The summed E-state index contributed by atoms with van der Waals surface area (Å²) in [6, 6.07) is 0. The molecule has 0 heterocycles. The summed E-state index contributed by atoms with van der Waals surface area (Å²) in [4.78, 5) is 0. The highest BCUT2D eigenvalue weighted by Gasteiger charge is 2.25. The molecule has 0 fully saturated rings. The van der Waals surface area contributed by atoms with Crippen molar-refractivity contribution >= 4 is 0 Å². The summed E-state index contributed by atoms with van der Waals surface area (Å²) in [7, 11) is 0. The second kappa shape index (κ2) is 5.56. The van der Waals surface area contributed by atoms with Crippen LogP contribution in [0.4, 0.5) is 13.2 Å². The number of halogens is 3. The minimum absolute atomic E-state index is 0.0318. The summed E-state index contributed by atoms with van der Waals surface area (Å²) >= 11 is 0. The molecule has 0 aliphatic carbocycles. The number of alkyl halides is 3. The van der Waals surface area contributed by atoms with E-state index in [-0.39, 0.29) is 5.54 Å². The molecule has 0 saturated heterocycles. The first kappa shape index (κ1) is 13.7. The van der Waals surface area contributed by atoms with Gasteiger partial charge in [0.15, 0.2) is 0 Å². The maximum absolute atomic E-state index is 11.7. The molecule has 0 aromatic rings. The van der Waals surface area contributed by atoms with Gasteiger partial charge in [0.1, 0.15) is 0 Å². The standard InChI is InChI=1S/C9H19F3N2/c1-8(2,3)14-6-4-5-13-7-9(10,11)12/h13-14H,4-7H2,1-3H3. The van der Waals surface area contributed by atoms with Gasteiger partial charge in [-0.05, 0) is 40.3 Å². The lowest BCUT2D eigenvalue weighted by Crippen LogP contribution is -2.38. The van der Waals surface area contributed by atoms with Crippen molar-refractivity contribution in [3.63, 3.8) is 0 Å². The summed E-state index contributed by atoms with van der Waals surface area (Å²) in [6.45, 7) is 6.29. The molecule has 5 heteroatoms. The van der Waals surface area contributed by atoms with E-state index in [1.165, 1.54) is 0 Å². The van der Waals surface area contributed by atoms with Crippen molar-refractivity contribution in [1.82, 2.24) is 10.6 Å². The summed E-state index contributed by atoms with van der Waals surface area (Å²) in [5.74, 6) is 0. The second-order valence-corrected chi connectivity index (χ2v) is 4.32. The highest BCUT2D eigenvalue weighted by Crippen LogP contribution is 2.11. The van der Waals surface area contributed by atoms with Gasteiger partial charge in [0, 0.05) is 5.54 Å². The molecule has 0 bridgehead atoms. The molecule has 0 aliphatic heterocycles. The molecular weight excluding hydrogens is 193 g/mol. The van der Waals surface area contributed by atoms with Gasteiger partial charge in [-0.3, -0.25) is 0 Å². The van der Waals surface area contributed by atoms with Crippen molar-refractivity contribution in [2.24, 2.45) is 0 Å². The zero-order chi connectivity index (χ0) is 11.2. The molecule has 0 atom stereocenters. The predicted octanol–water partition coefficient (Wildman–Crippen LogP) is 1.92. The first-order valence-corrected chi connectivity index (χ1v) is 4.73. The zero-order valence-corrected chi connectivity index (χ0v) is 8.96. The van der Waals surface area contributed by atoms with Gasteiger partial charge >= 0.3 is 6.18 Å². The Morgan fingerprint density at radius 2 is 1.57 bits per heavy atom. The molecule has 0 aliphatic rings. The first-order valence-electron chi connectivity index (χ1n) is 4.73. The SMILES string of the molecule is CC(C)(C)NCCCNCC(F)(F)F. The minimum Gasteiger partial charge on any atom is -0.312 e. The number of hydrogen-bond acceptors (Lipinski definition) is 2. The van der Waals surface area contributed by atoms with Crippen molar-refractivity contribution in [2.45, 2.75) is 38.9 Å². The van der Waals surface area contributed by atoms with E-state index in [4.69, 9.17) is 0 Å². The van der Waals surface area contributed by atoms with Crippen LogP contribution in [0, 0.1) is 0 Å². The first-order chi connectivity index (χ1) is 6.21. The smallest absolute Gasteiger partial charge is 0.312 e. The molecular formula is C9H19F3N2. The largest absolute Gasteiger partial charge is 0.401 e. The summed E-state index contributed by atoms with van der Waals surface area (Å²) < 4.78 is 35.0. The second-order valence-electron chi connectivity index (χ2n) is 4.32. The van der Waals surface area contributed by atoms with Crippen molar-refractivity contribution in [1.29, 1.82) is 0 Å². The molecule has 0 aromatic heterocycles. The van der Waals surface area contributed by atoms with E-state index in [0.717, 1.165) is 6.54 Å². The summed E-state index contributed by atoms with van der Waals surface area (Å²) in [5.41, 5.74) is 0.0318. The Morgan fingerprint density at radius 3 is 2.00 bits per heavy atom. The van der Waals surface area contributed by atoms with Gasteiger partial charge in [-0.2, -0.15) is 13.2 Å². The lowest BCUT2D eigenvalue weighted by Gasteiger charge is -2.20. The van der Waals surface area contributed by atoms with Crippen LogP contribution in [0.25, 0.3) is 0 Å². The number of nitrogens with one attached hydrogen (secondary N) is 2. The molecule has 0 amide bonds. The average molecular weight is 212 g/mol. The van der Waals surface area contributed by atoms with Gasteiger partial charge in [-0.1, -0.05) is 0 Å². The predicted molar refractivity (Wildman–Crippen MR) is 51.3 cm³/mol. The third-order valence-corrected chi connectivity index (χ3v) is 1.51. The molecule has 0 saturated carbocycles. The van der Waals surface area contributed by atoms with E-state index in [2.05, 4.69) is 10.6 Å². The van der Waals surface area contributed by atoms with Gasteiger partial charge < -0.3 is 10.6 Å². The van der Waals surface area contributed by atoms with Crippen LogP contribution < -0.4 is 10.6 Å². The fourth-order valence-electron chi connectivity index (χ4n) is 0.907. The van der Waals surface area contributed by atoms with Gasteiger partial charge in [-0.15, -0.1) is 0 Å². The van der Waals surface area contributed by atoms with Crippen LogP contribution in [0.15, 0.2) is 0 Å². The molecule has 86 valence electrons. The topological polar surface area (TPSA) is 24.1 Å². The Balaban J connectivity index is 3.23. The van der Waals surface area contributed by atoms with Gasteiger partial charge in [0.05, 0.1) is 6.54 Å². The monoisotopic (exact) mass is 212 g/mol. The Bertz CT molecular complexity index is 131. The molecule has 0 unspecified atom stereocenters. The third-order valence-electron chi connectivity index (χ3n) is 1.51. The Morgan fingerprint density at radius 1 is 1.00 bits per heavy atom. The maximum Gasteiger partial charge on any atom is 0.401 e. The molecule has 14 heavy (non-hydrogen) atoms. The van der Waals surface area contributed by atoms with Gasteiger partial charge in [-0.25, -0.2) is 0 Å². The normalized spacial score (nSPS) is 13.3. The number of rotatable bonds is 5. The van der Waals surface area contributed by atoms with Crippen molar-refractivity contribution in [3.05, 3.63) is 0 Å². The van der Waals surface area contributed by atoms with Crippen LogP contribution >= 0.6 is 0 Å². The number of hydrogen-bond donors (Lipinski definition) is 2. The molecule has 0 aromatic carbocycles. The third kappa shape index (κ3) is 11.7. The molecule has 2 N–H and O–H groups in total. The molecule has 0 radical (unpaired) electrons. The highest BCUT2D eigenvalue weighted by molar-refractivity contribution is 4.70. The van der Waals surface area contributed by atoms with Crippen LogP contribution in [0.3, 0.4) is 0 Å². The van der Waals surface area contributed by atoms with E-state index in [1.807, 2.05) is 20.8 Å². The molecule has 0 rings (SSSR count). The van der Waals surface area contributed by atoms with Crippen LogP contribution in [-0.4, -0.2) is 31.3 Å². The summed E-state index contributed by atoms with van der Waals surface area (Å²) in [5, 5.41) is 5.54. The van der Waals surface area contributed by atoms with E-state index in [0.29, 0.717) is 13.0 Å². The zero-order valence-electron chi connectivity index (χ0n) is 8.96. The van der Waals surface area contributed by atoms with Gasteiger partial charge in [0.25, 0.3) is 0 Å². The Hall–Kier alpha value is -0.290. The van der Waals surface area contributed by atoms with Crippen molar-refractivity contribution < 1.29 is 13.2 Å². The quantitative estimate of drug-likeness (QED) is 0.680. The Kier molecular flexibility index (Phi) is 5.44. The summed E-state index contributed by atoms with van der Waals surface area (Å²) in [6.07, 6.45) is -3.40. The van der Waals surface area contributed by atoms with Crippen LogP contribution in [0.5, 0.6) is 0 Å². The Labute approximate surface area is 83.3 Å². The van der Waals surface area contributed by atoms with Crippen LogP contribution in [0.2, 0.25) is 0 Å². The van der Waals surface area contributed by atoms with Crippen molar-refractivity contribution in [2.75, 3.05) is 19.6 Å². The van der Waals surface area contributed by atoms with E-state index in [1.54, 1.807) is 0 Å². The van der Waals surface area contributed by atoms with E-state index < -0.39 is 12.7 Å². The molecule has 0 spiro atoms. The lowest BCUT2D eigenvalue weighted by atomic mass is 10.1. The maximum atomic E-state index is 11.7. The van der Waals surface area contributed by atoms with Crippen LogP contribution in [-0.2, 0) is 0 Å². The fraction of sp³-hybridized carbons (Fsp3) is 1.00. The van der Waals surface area contributed by atoms with E-state index in [9.17, 15) is 13.2 Å². The van der Waals surface area contributed by atoms with E-state index >= 15 is 0 Å². The van der Waals surface area contributed by atoms with Crippen molar-refractivity contribution in [3.8, 4) is 0 Å². The highest BCUT2D eigenvalue weighted by atomic mass is 19.4. The average Bonchev–Trinajstić information content (AvgIpc) is 1.92. The minimum atomic E-state index is -4.10. The van der Waals surface area contributed by atoms with Crippen LogP contribution in [0.1, 0.15) is 27.2 Å². The molecule has 2 nitrogen and oxygen atoms in total.